The van der Waals surface area contributed by atoms with Gasteiger partial charge in [0.1, 0.15) is 15.4 Å². The highest BCUT2D eigenvalue weighted by Crippen LogP contribution is 2.29. The van der Waals surface area contributed by atoms with Crippen LogP contribution in [0.5, 0.6) is 0 Å². The van der Waals surface area contributed by atoms with Gasteiger partial charge < -0.3 is 4.74 Å². The first-order valence-corrected chi connectivity index (χ1v) is 8.95. The third kappa shape index (κ3) is 3.48. The first-order chi connectivity index (χ1) is 8.97. The van der Waals surface area contributed by atoms with Crippen molar-refractivity contribution in [2.45, 2.75) is 57.0 Å². The molecule has 0 aromatic carbocycles. The van der Waals surface area contributed by atoms with Crippen molar-refractivity contribution in [3.8, 4) is 0 Å². The van der Waals surface area contributed by atoms with Crippen LogP contribution in [-0.2, 0) is 19.4 Å². The van der Waals surface area contributed by atoms with E-state index in [9.17, 15) is 13.2 Å². The minimum atomic E-state index is -2.98. The molecule has 2 aliphatic rings. The van der Waals surface area contributed by atoms with Gasteiger partial charge in [-0.05, 0) is 32.6 Å². The average Bonchev–Trinajstić information content (AvgIpc) is 2.85. The van der Waals surface area contributed by atoms with Gasteiger partial charge in [-0.15, -0.1) is 0 Å². The van der Waals surface area contributed by atoms with Gasteiger partial charge in [-0.25, -0.2) is 8.42 Å². The van der Waals surface area contributed by atoms with Crippen molar-refractivity contribution in [1.29, 1.82) is 0 Å². The Labute approximate surface area is 115 Å². The Morgan fingerprint density at radius 3 is 2.37 bits per heavy atom. The molecule has 1 aliphatic carbocycles. The Bertz CT molecular complexity index is 412. The van der Waals surface area contributed by atoms with E-state index in [0.717, 1.165) is 12.8 Å². The Hall–Kier alpha value is -0.620. The van der Waals surface area contributed by atoms with E-state index in [1.807, 2.05) is 0 Å². The van der Waals surface area contributed by atoms with Crippen LogP contribution >= 0.6 is 0 Å². The quantitative estimate of drug-likeness (QED) is 0.783. The molecule has 1 N–H and O–H groups in total. The zero-order valence-corrected chi connectivity index (χ0v) is 12.3. The Morgan fingerprint density at radius 2 is 1.84 bits per heavy atom. The Kier molecular flexibility index (Phi) is 4.50. The lowest BCUT2D eigenvalue weighted by Gasteiger charge is -2.37. The highest BCUT2D eigenvalue weighted by Gasteiger charge is 2.45. The second-order valence-electron chi connectivity index (χ2n) is 5.58. The zero-order chi connectivity index (χ0) is 13.9. The molecule has 0 radical (unpaired) electrons. The van der Waals surface area contributed by atoms with Gasteiger partial charge in [0.15, 0.2) is 0 Å². The predicted molar refractivity (Wildman–Crippen MR) is 72.6 cm³/mol. The monoisotopic (exact) mass is 289 g/mol. The van der Waals surface area contributed by atoms with Gasteiger partial charge in [0.25, 0.3) is 0 Å². The van der Waals surface area contributed by atoms with Crippen LogP contribution in [0.4, 0.5) is 0 Å². The number of hydrogen-bond acceptors (Lipinski definition) is 5. The van der Waals surface area contributed by atoms with E-state index in [4.69, 9.17) is 4.74 Å². The molecule has 19 heavy (non-hydrogen) atoms. The molecule has 1 saturated carbocycles. The summed E-state index contributed by atoms with van der Waals surface area (Å²) in [4.78, 5) is 12.2. The molecule has 0 aromatic rings. The van der Waals surface area contributed by atoms with Crippen LogP contribution in [0, 0.1) is 0 Å². The van der Waals surface area contributed by atoms with Crippen LogP contribution in [0.1, 0.15) is 45.4 Å². The third-order valence-electron chi connectivity index (χ3n) is 4.18. The molecular formula is C13H23NO4S. The van der Waals surface area contributed by atoms with E-state index in [1.165, 1.54) is 12.8 Å². The van der Waals surface area contributed by atoms with E-state index in [0.29, 0.717) is 25.5 Å². The van der Waals surface area contributed by atoms with Crippen LogP contribution in [0.15, 0.2) is 0 Å². The predicted octanol–water partition coefficient (Wildman–Crippen LogP) is 1.03. The summed E-state index contributed by atoms with van der Waals surface area (Å²) < 4.78 is 28.3. The summed E-state index contributed by atoms with van der Waals surface area (Å²) in [5.41, 5.74) is -0.781. The van der Waals surface area contributed by atoms with E-state index < -0.39 is 15.4 Å². The van der Waals surface area contributed by atoms with Gasteiger partial charge in [-0.3, -0.25) is 10.1 Å². The molecule has 0 aromatic heterocycles. The molecule has 110 valence electrons. The lowest BCUT2D eigenvalue weighted by molar-refractivity contribution is -0.152. The fraction of sp³-hybridized carbons (Fsp3) is 0.923. The smallest absolute Gasteiger partial charge is 0.326 e. The molecule has 0 amide bonds. The van der Waals surface area contributed by atoms with E-state index in [1.54, 1.807) is 6.92 Å². The van der Waals surface area contributed by atoms with Crippen molar-refractivity contribution in [2.24, 2.45) is 0 Å². The van der Waals surface area contributed by atoms with E-state index in [-0.39, 0.29) is 17.5 Å². The molecular weight excluding hydrogens is 266 g/mol. The molecule has 1 heterocycles. The largest absolute Gasteiger partial charge is 0.465 e. The molecule has 2 rings (SSSR count). The summed E-state index contributed by atoms with van der Waals surface area (Å²) in [6.45, 7) is 2.11. The molecule has 1 saturated heterocycles. The second kappa shape index (κ2) is 5.79. The van der Waals surface area contributed by atoms with Crippen molar-refractivity contribution in [1.82, 2.24) is 5.32 Å². The number of ether oxygens (including phenoxy) is 1. The molecule has 2 fully saturated rings. The maximum atomic E-state index is 12.2. The maximum Gasteiger partial charge on any atom is 0.326 e. The molecule has 5 nitrogen and oxygen atoms in total. The van der Waals surface area contributed by atoms with Crippen LogP contribution in [0.25, 0.3) is 0 Å². The normalized spacial score (nSPS) is 26.2. The van der Waals surface area contributed by atoms with Crippen LogP contribution < -0.4 is 5.32 Å². The molecule has 0 bridgehead atoms. The van der Waals surface area contributed by atoms with Crippen molar-refractivity contribution in [2.75, 3.05) is 18.1 Å². The first kappa shape index (κ1) is 14.8. The number of hydrogen-bond donors (Lipinski definition) is 1. The van der Waals surface area contributed by atoms with Gasteiger partial charge in [-0.1, -0.05) is 12.8 Å². The number of carbonyl (C=O) groups is 1. The van der Waals surface area contributed by atoms with Crippen LogP contribution in [-0.4, -0.2) is 44.1 Å². The minimum absolute atomic E-state index is 0.0749. The summed E-state index contributed by atoms with van der Waals surface area (Å²) >= 11 is 0. The SMILES string of the molecule is CCOC(=O)C1(NC2CCCC2)CCS(=O)(=O)CC1. The van der Waals surface area contributed by atoms with E-state index in [2.05, 4.69) is 5.32 Å². The summed E-state index contributed by atoms with van der Waals surface area (Å²) in [5.74, 6) is -0.131. The second-order valence-corrected chi connectivity index (χ2v) is 7.88. The Balaban J connectivity index is 2.11. The number of rotatable bonds is 4. The van der Waals surface area contributed by atoms with Crippen molar-refractivity contribution >= 4 is 15.8 Å². The maximum absolute atomic E-state index is 12.2. The number of nitrogens with one attached hydrogen (secondary N) is 1. The van der Waals surface area contributed by atoms with Gasteiger partial charge in [0.2, 0.25) is 0 Å². The summed E-state index contributed by atoms with van der Waals surface area (Å²) in [5, 5.41) is 3.41. The molecule has 6 heteroatoms. The summed E-state index contributed by atoms with van der Waals surface area (Å²) in [6, 6.07) is 0.324. The number of sulfone groups is 1. The lowest BCUT2D eigenvalue weighted by Crippen LogP contribution is -2.59. The number of esters is 1. The van der Waals surface area contributed by atoms with E-state index >= 15 is 0 Å². The van der Waals surface area contributed by atoms with Crippen LogP contribution in [0.3, 0.4) is 0 Å². The van der Waals surface area contributed by atoms with Crippen molar-refractivity contribution < 1.29 is 17.9 Å². The highest BCUT2D eigenvalue weighted by molar-refractivity contribution is 7.91. The molecule has 0 unspecified atom stereocenters. The molecule has 1 aliphatic heterocycles. The highest BCUT2D eigenvalue weighted by atomic mass is 32.2. The topological polar surface area (TPSA) is 72.5 Å². The minimum Gasteiger partial charge on any atom is -0.465 e. The zero-order valence-electron chi connectivity index (χ0n) is 11.5. The van der Waals surface area contributed by atoms with Gasteiger partial charge in [0.05, 0.1) is 18.1 Å². The standard InChI is InChI=1S/C13H23NO4S/c1-2-18-12(15)13(14-11-5-3-4-6-11)7-9-19(16,17)10-8-13/h11,14H,2-10H2,1H3. The average molecular weight is 289 g/mol. The fourth-order valence-electron chi connectivity index (χ4n) is 3.02. The number of carbonyl (C=O) groups excluding carboxylic acids is 1. The van der Waals surface area contributed by atoms with Gasteiger partial charge in [0, 0.05) is 6.04 Å². The Morgan fingerprint density at radius 1 is 1.26 bits per heavy atom. The summed E-state index contributed by atoms with van der Waals surface area (Å²) in [7, 11) is -2.98. The summed E-state index contributed by atoms with van der Waals surface area (Å²) in [6.07, 6.45) is 5.15. The third-order valence-corrected chi connectivity index (χ3v) is 5.83. The molecule has 0 atom stereocenters. The lowest BCUT2D eigenvalue weighted by atomic mass is 9.90. The van der Waals surface area contributed by atoms with Gasteiger partial charge in [-0.2, -0.15) is 0 Å². The molecule has 0 spiro atoms. The first-order valence-electron chi connectivity index (χ1n) is 7.13. The van der Waals surface area contributed by atoms with Crippen LogP contribution in [0.2, 0.25) is 0 Å². The van der Waals surface area contributed by atoms with Crippen molar-refractivity contribution in [3.63, 3.8) is 0 Å². The van der Waals surface area contributed by atoms with Crippen molar-refractivity contribution in [3.05, 3.63) is 0 Å². The van der Waals surface area contributed by atoms with Gasteiger partial charge >= 0.3 is 5.97 Å². The fourth-order valence-corrected chi connectivity index (χ4v) is 4.55.